The largest absolute Gasteiger partial charge is 0.388 e. The zero-order valence-electron chi connectivity index (χ0n) is 6.96. The topological polar surface area (TPSA) is 71.9 Å². The van der Waals surface area contributed by atoms with E-state index in [2.05, 4.69) is 0 Å². The van der Waals surface area contributed by atoms with Crippen molar-refractivity contribution in [2.75, 3.05) is 0 Å². The van der Waals surface area contributed by atoms with Gasteiger partial charge in [-0.1, -0.05) is 0 Å². The van der Waals surface area contributed by atoms with E-state index in [0.29, 0.717) is 0 Å². The monoisotopic (exact) mass is 183 g/mol. The minimum Gasteiger partial charge on any atom is -0.388 e. The molecule has 0 amide bonds. The summed E-state index contributed by atoms with van der Waals surface area (Å²) in [5.74, 6) is -0.487. The van der Waals surface area contributed by atoms with E-state index >= 15 is 0 Å². The first-order chi connectivity index (χ1) is 6.09. The zero-order chi connectivity index (χ0) is 9.84. The van der Waals surface area contributed by atoms with E-state index in [1.54, 1.807) is 0 Å². The van der Waals surface area contributed by atoms with E-state index in [4.69, 9.17) is 11.1 Å². The Morgan fingerprint density at radius 1 is 1.62 bits per heavy atom. The molecule has 1 heterocycles. The van der Waals surface area contributed by atoms with Crippen molar-refractivity contribution in [2.45, 2.75) is 13.0 Å². The van der Waals surface area contributed by atoms with Crippen molar-refractivity contribution in [3.8, 4) is 0 Å². The van der Waals surface area contributed by atoms with Crippen LogP contribution in [0.1, 0.15) is 6.42 Å². The lowest BCUT2D eigenvalue weighted by Crippen LogP contribution is -2.22. The Morgan fingerprint density at radius 3 is 2.92 bits per heavy atom. The van der Waals surface area contributed by atoms with Gasteiger partial charge in [-0.05, 0) is 6.07 Å². The lowest BCUT2D eigenvalue weighted by atomic mass is 10.3. The fraction of sp³-hybridized carbons (Fsp3) is 0.250. The number of aryl methyl sites for hydroxylation is 1. The third kappa shape index (κ3) is 2.70. The van der Waals surface area contributed by atoms with Crippen molar-refractivity contribution >= 4 is 5.84 Å². The normalized spacial score (nSPS) is 9.92. The Balaban J connectivity index is 2.82. The van der Waals surface area contributed by atoms with Gasteiger partial charge in [-0.2, -0.15) is 0 Å². The van der Waals surface area contributed by atoms with Crippen LogP contribution < -0.4 is 11.3 Å². The van der Waals surface area contributed by atoms with Crippen LogP contribution in [0, 0.1) is 11.2 Å². The SMILES string of the molecule is N=C(N)CCn1cc(F)ccc1=O. The molecule has 0 bridgehead atoms. The first-order valence-electron chi connectivity index (χ1n) is 3.78. The van der Waals surface area contributed by atoms with Crippen LogP contribution in [0.4, 0.5) is 4.39 Å². The van der Waals surface area contributed by atoms with Crippen LogP contribution in [0.3, 0.4) is 0 Å². The minimum atomic E-state index is -0.469. The predicted octanol–water partition coefficient (Wildman–Crippen LogP) is 0.313. The summed E-state index contributed by atoms with van der Waals surface area (Å²) in [6.45, 7) is 0.242. The van der Waals surface area contributed by atoms with Gasteiger partial charge >= 0.3 is 0 Å². The smallest absolute Gasteiger partial charge is 0.250 e. The molecule has 0 saturated heterocycles. The van der Waals surface area contributed by atoms with Crippen molar-refractivity contribution < 1.29 is 4.39 Å². The molecule has 0 unspecified atom stereocenters. The highest BCUT2D eigenvalue weighted by molar-refractivity contribution is 5.76. The summed E-state index contributed by atoms with van der Waals surface area (Å²) >= 11 is 0. The molecular weight excluding hydrogens is 173 g/mol. The van der Waals surface area contributed by atoms with Crippen LogP contribution in [0.5, 0.6) is 0 Å². The summed E-state index contributed by atoms with van der Waals surface area (Å²) in [7, 11) is 0. The fourth-order valence-electron chi connectivity index (χ4n) is 0.918. The van der Waals surface area contributed by atoms with Crippen LogP contribution in [0.2, 0.25) is 0 Å². The van der Waals surface area contributed by atoms with Gasteiger partial charge in [0.05, 0.1) is 5.84 Å². The molecule has 1 aromatic rings. The van der Waals surface area contributed by atoms with Crippen molar-refractivity contribution in [1.29, 1.82) is 5.41 Å². The molecule has 13 heavy (non-hydrogen) atoms. The number of hydrogen-bond donors (Lipinski definition) is 2. The molecule has 0 aliphatic heterocycles. The quantitative estimate of drug-likeness (QED) is 0.523. The Bertz CT molecular complexity index is 372. The molecule has 5 heteroatoms. The third-order valence-corrected chi connectivity index (χ3v) is 1.57. The van der Waals surface area contributed by atoms with Crippen LogP contribution in [-0.4, -0.2) is 10.4 Å². The summed E-state index contributed by atoms with van der Waals surface area (Å²) < 4.78 is 13.8. The Kier molecular flexibility index (Phi) is 2.79. The molecule has 3 N–H and O–H groups in total. The summed E-state index contributed by atoms with van der Waals surface area (Å²) in [5.41, 5.74) is 4.81. The molecule has 0 radical (unpaired) electrons. The van der Waals surface area contributed by atoms with Crippen molar-refractivity contribution in [2.24, 2.45) is 5.73 Å². The highest BCUT2D eigenvalue weighted by atomic mass is 19.1. The van der Waals surface area contributed by atoms with Crippen LogP contribution >= 0.6 is 0 Å². The number of aromatic nitrogens is 1. The highest BCUT2D eigenvalue weighted by Gasteiger charge is 1.98. The molecule has 1 rings (SSSR count). The fourth-order valence-corrected chi connectivity index (χ4v) is 0.918. The molecule has 0 spiro atoms. The van der Waals surface area contributed by atoms with Gasteiger partial charge in [0.2, 0.25) is 0 Å². The first-order valence-corrected chi connectivity index (χ1v) is 3.78. The number of rotatable bonds is 3. The minimum absolute atomic E-state index is 0.0174. The Labute approximate surface area is 74.3 Å². The molecule has 0 aliphatic carbocycles. The number of nitrogens with two attached hydrogens (primary N) is 1. The van der Waals surface area contributed by atoms with E-state index in [0.717, 1.165) is 18.3 Å². The second-order valence-corrected chi connectivity index (χ2v) is 2.65. The first kappa shape index (κ1) is 9.44. The molecule has 0 saturated carbocycles. The average molecular weight is 183 g/mol. The zero-order valence-corrected chi connectivity index (χ0v) is 6.96. The number of pyridine rings is 1. The van der Waals surface area contributed by atoms with Crippen molar-refractivity contribution in [1.82, 2.24) is 4.57 Å². The summed E-state index contributed by atoms with van der Waals surface area (Å²) in [4.78, 5) is 11.1. The summed E-state index contributed by atoms with van der Waals surface area (Å²) in [6.07, 6.45) is 1.36. The number of amidine groups is 1. The maximum absolute atomic E-state index is 12.6. The molecule has 0 aliphatic rings. The predicted molar refractivity (Wildman–Crippen MR) is 47.2 cm³/mol. The lowest BCUT2D eigenvalue weighted by molar-refractivity contribution is 0.584. The molecule has 70 valence electrons. The van der Waals surface area contributed by atoms with Gasteiger partial charge in [0, 0.05) is 25.2 Å². The second kappa shape index (κ2) is 3.84. The van der Waals surface area contributed by atoms with E-state index in [1.807, 2.05) is 0 Å². The summed E-state index contributed by atoms with van der Waals surface area (Å²) in [5, 5.41) is 6.94. The standard InChI is InChI=1S/C8H10FN3O/c9-6-1-2-8(13)12(5-6)4-3-7(10)11/h1-2,5H,3-4H2,(H3,10,11). The van der Waals surface area contributed by atoms with E-state index < -0.39 is 5.82 Å². The number of hydrogen-bond acceptors (Lipinski definition) is 2. The van der Waals surface area contributed by atoms with Gasteiger partial charge in [0.15, 0.2) is 0 Å². The van der Waals surface area contributed by atoms with Crippen LogP contribution in [-0.2, 0) is 6.54 Å². The van der Waals surface area contributed by atoms with Crippen molar-refractivity contribution in [3.05, 3.63) is 34.5 Å². The van der Waals surface area contributed by atoms with Crippen LogP contribution in [0.15, 0.2) is 23.1 Å². The Morgan fingerprint density at radius 2 is 2.31 bits per heavy atom. The number of nitrogens with zero attached hydrogens (tertiary/aromatic N) is 1. The third-order valence-electron chi connectivity index (χ3n) is 1.57. The van der Waals surface area contributed by atoms with E-state index in [9.17, 15) is 9.18 Å². The van der Waals surface area contributed by atoms with Gasteiger partial charge in [-0.15, -0.1) is 0 Å². The molecule has 0 aromatic carbocycles. The average Bonchev–Trinajstić information content (AvgIpc) is 2.06. The van der Waals surface area contributed by atoms with Gasteiger partial charge in [-0.25, -0.2) is 4.39 Å². The van der Waals surface area contributed by atoms with Crippen molar-refractivity contribution in [3.63, 3.8) is 0 Å². The summed E-state index contributed by atoms with van der Waals surface area (Å²) in [6, 6.07) is 2.25. The highest BCUT2D eigenvalue weighted by Crippen LogP contribution is 1.93. The van der Waals surface area contributed by atoms with Gasteiger partial charge in [0.1, 0.15) is 5.82 Å². The van der Waals surface area contributed by atoms with Gasteiger partial charge in [-0.3, -0.25) is 10.2 Å². The van der Waals surface area contributed by atoms with Crippen LogP contribution in [0.25, 0.3) is 0 Å². The number of nitrogens with one attached hydrogen (secondary N) is 1. The lowest BCUT2D eigenvalue weighted by Gasteiger charge is -2.03. The maximum Gasteiger partial charge on any atom is 0.250 e. The molecule has 0 atom stereocenters. The molecule has 4 nitrogen and oxygen atoms in total. The second-order valence-electron chi connectivity index (χ2n) is 2.65. The van der Waals surface area contributed by atoms with Gasteiger partial charge < -0.3 is 10.3 Å². The number of halogens is 1. The van der Waals surface area contributed by atoms with E-state index in [1.165, 1.54) is 4.57 Å². The molecule has 1 aromatic heterocycles. The van der Waals surface area contributed by atoms with E-state index in [-0.39, 0.29) is 24.4 Å². The van der Waals surface area contributed by atoms with Gasteiger partial charge in [0.25, 0.3) is 5.56 Å². The Hall–Kier alpha value is -1.65. The molecular formula is C8H10FN3O. The maximum atomic E-state index is 12.6. The molecule has 0 fully saturated rings.